The Kier molecular flexibility index (Phi) is 5.02. The van der Waals surface area contributed by atoms with Gasteiger partial charge in [-0.05, 0) is 55.4 Å². The Bertz CT molecular complexity index is 802. The zero-order chi connectivity index (χ0) is 17.8. The quantitative estimate of drug-likeness (QED) is 0.350. The van der Waals surface area contributed by atoms with Crippen LogP contribution in [-0.2, 0) is 0 Å². The molecule has 0 aliphatic heterocycles. The van der Waals surface area contributed by atoms with Crippen LogP contribution in [0.3, 0.4) is 0 Å². The fourth-order valence-electron chi connectivity index (χ4n) is 2.82. The van der Waals surface area contributed by atoms with Gasteiger partial charge in [-0.2, -0.15) is 0 Å². The van der Waals surface area contributed by atoms with Crippen molar-refractivity contribution >= 4 is 25.3 Å². The Balaban J connectivity index is 1.89. The summed E-state index contributed by atoms with van der Waals surface area (Å²) < 4.78 is 11.8. The lowest BCUT2D eigenvalue weighted by molar-refractivity contribution is -0.384. The fraction of sp³-hybridized carbons (Fsp3) is 0.278. The highest BCUT2D eigenvalue weighted by Gasteiger charge is 2.19. The second-order valence-corrected chi connectivity index (χ2v) is 5.93. The molecular formula is C18H16BNO5. The van der Waals surface area contributed by atoms with E-state index in [1.54, 1.807) is 18.2 Å². The SMILES string of the molecule is [B]c1cc([N+](=O)[O-])ccc1Oc1cc(C=O)ccc1OC1CCCC1. The van der Waals surface area contributed by atoms with E-state index in [2.05, 4.69) is 0 Å². The van der Waals surface area contributed by atoms with Crippen LogP contribution in [0.1, 0.15) is 36.0 Å². The largest absolute Gasteiger partial charge is 0.487 e. The number of nitro benzene ring substituents is 1. The number of non-ortho nitro benzene ring substituents is 1. The predicted molar refractivity (Wildman–Crippen MR) is 93.3 cm³/mol. The second kappa shape index (κ2) is 7.38. The van der Waals surface area contributed by atoms with Crippen molar-refractivity contribution in [2.24, 2.45) is 0 Å². The molecule has 25 heavy (non-hydrogen) atoms. The van der Waals surface area contributed by atoms with Gasteiger partial charge in [0, 0.05) is 17.7 Å². The number of nitrogens with zero attached hydrogens (tertiary/aromatic N) is 1. The molecule has 2 radical (unpaired) electrons. The van der Waals surface area contributed by atoms with Crippen molar-refractivity contribution in [2.45, 2.75) is 31.8 Å². The third kappa shape index (κ3) is 3.99. The molecule has 0 spiro atoms. The van der Waals surface area contributed by atoms with Crippen LogP contribution in [0.25, 0.3) is 0 Å². The van der Waals surface area contributed by atoms with Crippen LogP contribution >= 0.6 is 0 Å². The van der Waals surface area contributed by atoms with Crippen molar-refractivity contribution in [3.63, 3.8) is 0 Å². The molecule has 1 aliphatic carbocycles. The van der Waals surface area contributed by atoms with E-state index < -0.39 is 4.92 Å². The van der Waals surface area contributed by atoms with Gasteiger partial charge in [-0.1, -0.05) is 0 Å². The summed E-state index contributed by atoms with van der Waals surface area (Å²) >= 11 is 0. The van der Waals surface area contributed by atoms with Crippen molar-refractivity contribution in [2.75, 3.05) is 0 Å². The minimum absolute atomic E-state index is 0.117. The molecule has 7 heteroatoms. The molecule has 0 N–H and O–H groups in total. The molecule has 0 bridgehead atoms. The first-order chi connectivity index (χ1) is 12.1. The molecule has 2 aromatic carbocycles. The van der Waals surface area contributed by atoms with Crippen LogP contribution in [-0.4, -0.2) is 25.2 Å². The third-order valence-electron chi connectivity index (χ3n) is 4.12. The number of carbonyl (C=O) groups is 1. The zero-order valence-corrected chi connectivity index (χ0v) is 13.5. The van der Waals surface area contributed by atoms with Crippen LogP contribution in [0.5, 0.6) is 17.2 Å². The van der Waals surface area contributed by atoms with E-state index in [9.17, 15) is 14.9 Å². The van der Waals surface area contributed by atoms with Gasteiger partial charge in [-0.25, -0.2) is 0 Å². The summed E-state index contributed by atoms with van der Waals surface area (Å²) in [6, 6.07) is 8.89. The molecule has 0 aromatic heterocycles. The van der Waals surface area contributed by atoms with E-state index in [4.69, 9.17) is 17.3 Å². The molecule has 6 nitrogen and oxygen atoms in total. The van der Waals surface area contributed by atoms with E-state index in [0.717, 1.165) is 25.7 Å². The molecule has 2 aromatic rings. The first-order valence-electron chi connectivity index (χ1n) is 8.04. The van der Waals surface area contributed by atoms with Crippen molar-refractivity contribution in [3.05, 3.63) is 52.1 Å². The Morgan fingerprint density at radius 3 is 2.44 bits per heavy atom. The van der Waals surface area contributed by atoms with Crippen molar-refractivity contribution in [1.82, 2.24) is 0 Å². The number of aldehydes is 1. The van der Waals surface area contributed by atoms with Gasteiger partial charge in [0.05, 0.1) is 11.0 Å². The van der Waals surface area contributed by atoms with E-state index in [1.165, 1.54) is 18.2 Å². The number of nitro groups is 1. The molecule has 1 aliphatic rings. The van der Waals surface area contributed by atoms with Gasteiger partial charge in [0.1, 0.15) is 19.9 Å². The summed E-state index contributed by atoms with van der Waals surface area (Å²) in [5.74, 6) is 1.15. The molecule has 3 rings (SSSR count). The topological polar surface area (TPSA) is 78.7 Å². The number of rotatable bonds is 6. The van der Waals surface area contributed by atoms with Gasteiger partial charge < -0.3 is 9.47 Å². The summed E-state index contributed by atoms with van der Waals surface area (Å²) in [5.41, 5.74) is 0.459. The lowest BCUT2D eigenvalue weighted by Gasteiger charge is -2.18. The summed E-state index contributed by atoms with van der Waals surface area (Å²) in [6.07, 6.45) is 5.05. The number of benzene rings is 2. The lowest BCUT2D eigenvalue weighted by Crippen LogP contribution is -2.12. The van der Waals surface area contributed by atoms with Gasteiger partial charge >= 0.3 is 0 Å². The van der Waals surface area contributed by atoms with Crippen LogP contribution < -0.4 is 14.9 Å². The van der Waals surface area contributed by atoms with Crippen LogP contribution in [0.2, 0.25) is 0 Å². The molecule has 1 saturated carbocycles. The van der Waals surface area contributed by atoms with Gasteiger partial charge in [0.2, 0.25) is 0 Å². The standard InChI is InChI=1S/C18H16BNO5/c19-15-10-13(20(22)23)6-8-16(15)25-18-9-12(11-21)5-7-17(18)24-14-3-1-2-4-14/h5-11,14H,1-4H2. The monoisotopic (exact) mass is 337 g/mol. The van der Waals surface area contributed by atoms with E-state index in [1.807, 2.05) is 0 Å². The van der Waals surface area contributed by atoms with Gasteiger partial charge in [-0.15, -0.1) is 0 Å². The second-order valence-electron chi connectivity index (χ2n) is 5.93. The number of hydrogen-bond acceptors (Lipinski definition) is 5. The van der Waals surface area contributed by atoms with Gasteiger partial charge in [0.25, 0.3) is 5.69 Å². The number of hydrogen-bond donors (Lipinski definition) is 0. The van der Waals surface area contributed by atoms with Gasteiger partial charge in [-0.3, -0.25) is 14.9 Å². The highest BCUT2D eigenvalue weighted by atomic mass is 16.6. The highest BCUT2D eigenvalue weighted by molar-refractivity contribution is 6.34. The molecule has 0 heterocycles. The summed E-state index contributed by atoms with van der Waals surface area (Å²) in [4.78, 5) is 21.3. The maximum Gasteiger partial charge on any atom is 0.269 e. The average Bonchev–Trinajstić information content (AvgIpc) is 3.11. The Morgan fingerprint density at radius 2 is 1.80 bits per heavy atom. The minimum Gasteiger partial charge on any atom is -0.487 e. The smallest absolute Gasteiger partial charge is 0.269 e. The van der Waals surface area contributed by atoms with Gasteiger partial charge in [0.15, 0.2) is 11.5 Å². The summed E-state index contributed by atoms with van der Waals surface area (Å²) in [7, 11) is 5.85. The first kappa shape index (κ1) is 17.0. The van der Waals surface area contributed by atoms with Crippen molar-refractivity contribution in [1.29, 1.82) is 0 Å². The number of ether oxygens (including phenoxy) is 2. The van der Waals surface area contributed by atoms with Crippen molar-refractivity contribution in [3.8, 4) is 17.2 Å². The molecule has 1 fully saturated rings. The Hall–Kier alpha value is -2.83. The minimum atomic E-state index is -0.526. The fourth-order valence-corrected chi connectivity index (χ4v) is 2.82. The molecule has 0 atom stereocenters. The van der Waals surface area contributed by atoms with E-state index in [0.29, 0.717) is 23.3 Å². The third-order valence-corrected chi connectivity index (χ3v) is 4.12. The lowest BCUT2D eigenvalue weighted by atomic mass is 9.94. The van der Waals surface area contributed by atoms with Crippen LogP contribution in [0.4, 0.5) is 5.69 Å². The maximum absolute atomic E-state index is 11.1. The van der Waals surface area contributed by atoms with E-state index in [-0.39, 0.29) is 23.0 Å². The summed E-state index contributed by atoms with van der Waals surface area (Å²) in [5, 5.41) is 10.8. The molecule has 0 saturated heterocycles. The Labute approximate surface area is 146 Å². The average molecular weight is 337 g/mol. The Morgan fingerprint density at radius 1 is 1.08 bits per heavy atom. The molecular weight excluding hydrogens is 321 g/mol. The maximum atomic E-state index is 11.1. The number of carbonyl (C=O) groups excluding carboxylic acids is 1. The van der Waals surface area contributed by atoms with Crippen LogP contribution in [0, 0.1) is 10.1 Å². The predicted octanol–water partition coefficient (Wildman–Crippen LogP) is 3.31. The first-order valence-corrected chi connectivity index (χ1v) is 8.04. The molecule has 0 unspecified atom stereocenters. The zero-order valence-electron chi connectivity index (χ0n) is 13.5. The molecule has 126 valence electrons. The van der Waals surface area contributed by atoms with E-state index >= 15 is 0 Å². The highest BCUT2D eigenvalue weighted by Crippen LogP contribution is 2.35. The normalized spacial score (nSPS) is 14.2. The van der Waals surface area contributed by atoms with Crippen LogP contribution in [0.15, 0.2) is 36.4 Å². The van der Waals surface area contributed by atoms with Crippen molar-refractivity contribution < 1.29 is 19.2 Å². The molecule has 0 amide bonds. The summed E-state index contributed by atoms with van der Waals surface area (Å²) in [6.45, 7) is 0.